The first-order chi connectivity index (χ1) is 9.65. The zero-order valence-corrected chi connectivity index (χ0v) is 12.7. The van der Waals surface area contributed by atoms with Crippen molar-refractivity contribution >= 4 is 17.5 Å². The second-order valence-electron chi connectivity index (χ2n) is 5.60. The van der Waals surface area contributed by atoms with E-state index in [-0.39, 0.29) is 18.0 Å². The predicted molar refractivity (Wildman–Crippen MR) is 83.0 cm³/mol. The van der Waals surface area contributed by atoms with Gasteiger partial charge in [-0.2, -0.15) is 0 Å². The topological polar surface area (TPSA) is 41.1 Å². The number of benzene rings is 1. The van der Waals surface area contributed by atoms with Gasteiger partial charge in [-0.1, -0.05) is 36.6 Å². The molecule has 1 amide bonds. The number of carbonyl (C=O) groups excluding carboxylic acids is 1. The van der Waals surface area contributed by atoms with E-state index >= 15 is 0 Å². The Balaban J connectivity index is 1.84. The molecule has 1 aromatic carbocycles. The minimum Gasteiger partial charge on any atom is -0.352 e. The van der Waals surface area contributed by atoms with Crippen molar-refractivity contribution < 1.29 is 4.79 Å². The van der Waals surface area contributed by atoms with Crippen LogP contribution in [-0.4, -0.2) is 24.5 Å². The molecule has 2 rings (SSSR count). The molecule has 2 N–H and O–H groups in total. The van der Waals surface area contributed by atoms with Gasteiger partial charge in [-0.15, -0.1) is 0 Å². The summed E-state index contributed by atoms with van der Waals surface area (Å²) in [6.45, 7) is 2.98. The van der Waals surface area contributed by atoms with Gasteiger partial charge < -0.3 is 10.6 Å². The zero-order valence-electron chi connectivity index (χ0n) is 12.0. The summed E-state index contributed by atoms with van der Waals surface area (Å²) in [7, 11) is 0. The van der Waals surface area contributed by atoms with E-state index in [4.69, 9.17) is 11.6 Å². The Kier molecular flexibility index (Phi) is 5.86. The molecule has 1 aliphatic rings. The highest BCUT2D eigenvalue weighted by atomic mass is 35.5. The summed E-state index contributed by atoms with van der Waals surface area (Å²) in [6, 6.07) is 7.89. The lowest BCUT2D eigenvalue weighted by Crippen LogP contribution is -2.47. The molecule has 0 saturated carbocycles. The quantitative estimate of drug-likeness (QED) is 0.896. The van der Waals surface area contributed by atoms with Gasteiger partial charge in [-0.05, 0) is 50.4 Å². The van der Waals surface area contributed by atoms with Crippen LogP contribution in [0.2, 0.25) is 5.02 Å². The third-order valence-corrected chi connectivity index (χ3v) is 3.93. The van der Waals surface area contributed by atoms with Gasteiger partial charge in [0.2, 0.25) is 5.91 Å². The molecule has 1 saturated heterocycles. The van der Waals surface area contributed by atoms with E-state index in [1.807, 2.05) is 31.2 Å². The van der Waals surface area contributed by atoms with Crippen molar-refractivity contribution in [1.29, 1.82) is 0 Å². The third-order valence-electron chi connectivity index (χ3n) is 3.70. The van der Waals surface area contributed by atoms with Gasteiger partial charge >= 0.3 is 0 Å². The van der Waals surface area contributed by atoms with E-state index in [1.165, 1.54) is 12.8 Å². The molecule has 1 heterocycles. The summed E-state index contributed by atoms with van der Waals surface area (Å²) in [6.07, 6.45) is 5.26. The molecular weight excluding hydrogens is 272 g/mol. The summed E-state index contributed by atoms with van der Waals surface area (Å²) >= 11 is 5.98. The molecule has 1 aromatic rings. The Morgan fingerprint density at radius 3 is 3.10 bits per heavy atom. The molecule has 0 radical (unpaired) electrons. The van der Waals surface area contributed by atoms with Crippen LogP contribution >= 0.6 is 11.6 Å². The molecule has 0 aromatic heterocycles. The van der Waals surface area contributed by atoms with Crippen molar-refractivity contribution in [1.82, 2.24) is 10.6 Å². The Labute approximate surface area is 126 Å². The Hall–Kier alpha value is -1.06. The van der Waals surface area contributed by atoms with E-state index < -0.39 is 0 Å². The van der Waals surface area contributed by atoms with Crippen molar-refractivity contribution in [2.45, 2.75) is 51.1 Å². The van der Waals surface area contributed by atoms with Gasteiger partial charge in [-0.25, -0.2) is 0 Å². The van der Waals surface area contributed by atoms with Crippen LogP contribution in [0.5, 0.6) is 0 Å². The van der Waals surface area contributed by atoms with Gasteiger partial charge in [0.1, 0.15) is 0 Å². The molecule has 2 unspecified atom stereocenters. The first-order valence-electron chi connectivity index (χ1n) is 7.43. The second kappa shape index (κ2) is 7.65. The van der Waals surface area contributed by atoms with E-state index in [2.05, 4.69) is 10.6 Å². The van der Waals surface area contributed by atoms with Crippen LogP contribution in [0.25, 0.3) is 0 Å². The van der Waals surface area contributed by atoms with Gasteiger partial charge in [-0.3, -0.25) is 4.79 Å². The highest BCUT2D eigenvalue weighted by Crippen LogP contribution is 2.13. The average molecular weight is 295 g/mol. The number of amides is 1. The molecule has 110 valence electrons. The van der Waals surface area contributed by atoms with Crippen LogP contribution in [0.1, 0.15) is 38.2 Å². The van der Waals surface area contributed by atoms with Crippen LogP contribution in [0.15, 0.2) is 24.3 Å². The maximum absolute atomic E-state index is 12.2. The summed E-state index contributed by atoms with van der Waals surface area (Å²) in [4.78, 5) is 12.2. The van der Waals surface area contributed by atoms with E-state index in [9.17, 15) is 4.79 Å². The summed E-state index contributed by atoms with van der Waals surface area (Å²) < 4.78 is 0. The SMILES string of the molecule is CC(Cc1cccc(Cl)c1)NC(=O)C1CCCCCN1. The van der Waals surface area contributed by atoms with Crippen LogP contribution in [0.4, 0.5) is 0 Å². The lowest BCUT2D eigenvalue weighted by Gasteiger charge is -2.20. The fraction of sp³-hybridized carbons (Fsp3) is 0.562. The van der Waals surface area contributed by atoms with E-state index in [1.54, 1.807) is 0 Å². The minimum absolute atomic E-state index is 0.0284. The van der Waals surface area contributed by atoms with Crippen LogP contribution in [0, 0.1) is 0 Å². The molecule has 0 aliphatic carbocycles. The molecule has 1 aliphatic heterocycles. The standard InChI is InChI=1S/C16H23ClN2O/c1-12(10-13-6-5-7-14(17)11-13)19-16(20)15-8-3-2-4-9-18-15/h5-7,11-12,15,18H,2-4,8-10H2,1H3,(H,19,20). The molecule has 0 spiro atoms. The van der Waals surface area contributed by atoms with Gasteiger partial charge in [0.05, 0.1) is 6.04 Å². The third kappa shape index (κ3) is 4.80. The predicted octanol–water partition coefficient (Wildman–Crippen LogP) is 2.92. The normalized spacial score (nSPS) is 21.0. The largest absolute Gasteiger partial charge is 0.352 e. The van der Waals surface area contributed by atoms with E-state index in [0.717, 1.165) is 36.4 Å². The number of halogens is 1. The summed E-state index contributed by atoms with van der Waals surface area (Å²) in [5.74, 6) is 0.126. The molecule has 20 heavy (non-hydrogen) atoms. The van der Waals surface area contributed by atoms with Crippen molar-refractivity contribution in [3.63, 3.8) is 0 Å². The van der Waals surface area contributed by atoms with Crippen molar-refractivity contribution in [2.24, 2.45) is 0 Å². The average Bonchev–Trinajstić information content (AvgIpc) is 2.67. The van der Waals surface area contributed by atoms with Crippen LogP contribution in [0.3, 0.4) is 0 Å². The van der Waals surface area contributed by atoms with E-state index in [0.29, 0.717) is 0 Å². The van der Waals surface area contributed by atoms with Gasteiger partial charge in [0.15, 0.2) is 0 Å². The van der Waals surface area contributed by atoms with Crippen LogP contribution in [-0.2, 0) is 11.2 Å². The summed E-state index contributed by atoms with van der Waals surface area (Å²) in [5.41, 5.74) is 1.15. The lowest BCUT2D eigenvalue weighted by molar-refractivity contribution is -0.123. The van der Waals surface area contributed by atoms with Gasteiger partial charge in [0.25, 0.3) is 0 Å². The number of nitrogens with one attached hydrogen (secondary N) is 2. The smallest absolute Gasteiger partial charge is 0.237 e. The van der Waals surface area contributed by atoms with Crippen LogP contribution < -0.4 is 10.6 Å². The van der Waals surface area contributed by atoms with Crippen molar-refractivity contribution in [3.05, 3.63) is 34.9 Å². The first kappa shape index (κ1) is 15.3. The van der Waals surface area contributed by atoms with Crippen molar-refractivity contribution in [3.8, 4) is 0 Å². The number of rotatable bonds is 4. The molecular formula is C16H23ClN2O. The fourth-order valence-electron chi connectivity index (χ4n) is 2.66. The summed E-state index contributed by atoms with van der Waals surface area (Å²) in [5, 5.41) is 7.17. The minimum atomic E-state index is -0.0284. The molecule has 3 nitrogen and oxygen atoms in total. The molecule has 4 heteroatoms. The lowest BCUT2D eigenvalue weighted by atomic mass is 10.1. The maximum Gasteiger partial charge on any atom is 0.237 e. The highest BCUT2D eigenvalue weighted by Gasteiger charge is 2.20. The Bertz CT molecular complexity index is 442. The van der Waals surface area contributed by atoms with Crippen molar-refractivity contribution in [2.75, 3.05) is 6.54 Å². The Morgan fingerprint density at radius 1 is 1.45 bits per heavy atom. The maximum atomic E-state index is 12.2. The number of hydrogen-bond acceptors (Lipinski definition) is 2. The second-order valence-corrected chi connectivity index (χ2v) is 6.04. The van der Waals surface area contributed by atoms with Gasteiger partial charge in [0, 0.05) is 11.1 Å². The fourth-order valence-corrected chi connectivity index (χ4v) is 2.88. The first-order valence-corrected chi connectivity index (χ1v) is 7.81. The number of hydrogen-bond donors (Lipinski definition) is 2. The molecule has 0 bridgehead atoms. The highest BCUT2D eigenvalue weighted by molar-refractivity contribution is 6.30. The zero-order chi connectivity index (χ0) is 14.4. The molecule has 1 fully saturated rings. The monoisotopic (exact) mass is 294 g/mol. The molecule has 2 atom stereocenters. The Morgan fingerprint density at radius 2 is 2.30 bits per heavy atom. The number of carbonyl (C=O) groups is 1.